The molecule has 1 saturated heterocycles. The smallest absolute Gasteiger partial charge is 0.126 e. The number of nitriles is 1. The standard InChI is InChI=1S/C16H21FN2/c1-12-5-4-6-14(17)15(12)13(2)16(11-18)7-9-19(3)10-8-16/h4-6,13H,7-10H2,1-3H3. The number of rotatable bonds is 2. The lowest BCUT2D eigenvalue weighted by Gasteiger charge is -2.40. The second kappa shape index (κ2) is 5.30. The van der Waals surface area contributed by atoms with Crippen LogP contribution in [0.5, 0.6) is 0 Å². The van der Waals surface area contributed by atoms with Crippen LogP contribution in [0.1, 0.15) is 36.8 Å². The molecule has 1 aromatic rings. The number of hydrogen-bond donors (Lipinski definition) is 0. The molecule has 0 amide bonds. The zero-order valence-electron chi connectivity index (χ0n) is 11.9. The molecule has 1 aliphatic heterocycles. The molecule has 0 saturated carbocycles. The molecule has 102 valence electrons. The van der Waals surface area contributed by atoms with E-state index >= 15 is 0 Å². The molecule has 0 aliphatic carbocycles. The average molecular weight is 260 g/mol. The minimum absolute atomic E-state index is 0.0626. The Morgan fingerprint density at radius 3 is 2.53 bits per heavy atom. The molecule has 19 heavy (non-hydrogen) atoms. The molecule has 0 radical (unpaired) electrons. The predicted octanol–water partition coefficient (Wildman–Crippen LogP) is 3.47. The Hall–Kier alpha value is -1.40. The fourth-order valence-electron chi connectivity index (χ4n) is 3.13. The van der Waals surface area contributed by atoms with Crippen molar-refractivity contribution in [2.75, 3.05) is 20.1 Å². The van der Waals surface area contributed by atoms with Crippen LogP contribution in [0.2, 0.25) is 0 Å². The first-order valence-electron chi connectivity index (χ1n) is 6.85. The van der Waals surface area contributed by atoms with Gasteiger partial charge in [-0.05, 0) is 57.1 Å². The molecule has 2 rings (SSSR count). The van der Waals surface area contributed by atoms with Gasteiger partial charge < -0.3 is 4.90 Å². The summed E-state index contributed by atoms with van der Waals surface area (Å²) in [4.78, 5) is 2.23. The van der Waals surface area contributed by atoms with Crippen molar-refractivity contribution in [3.05, 3.63) is 35.1 Å². The number of likely N-dealkylation sites (tertiary alicyclic amines) is 1. The number of nitrogens with zero attached hydrogens (tertiary/aromatic N) is 2. The van der Waals surface area contributed by atoms with Crippen LogP contribution >= 0.6 is 0 Å². The predicted molar refractivity (Wildman–Crippen MR) is 74.3 cm³/mol. The molecule has 1 atom stereocenters. The zero-order valence-corrected chi connectivity index (χ0v) is 11.9. The van der Waals surface area contributed by atoms with Crippen LogP contribution < -0.4 is 0 Å². The van der Waals surface area contributed by atoms with E-state index in [1.54, 1.807) is 6.07 Å². The lowest BCUT2D eigenvalue weighted by molar-refractivity contribution is 0.147. The van der Waals surface area contributed by atoms with Crippen molar-refractivity contribution in [2.24, 2.45) is 5.41 Å². The molecular formula is C16H21FN2. The topological polar surface area (TPSA) is 27.0 Å². The Morgan fingerprint density at radius 2 is 2.00 bits per heavy atom. The maximum absolute atomic E-state index is 14.1. The molecule has 2 nitrogen and oxygen atoms in total. The summed E-state index contributed by atoms with van der Waals surface area (Å²) in [7, 11) is 2.07. The van der Waals surface area contributed by atoms with E-state index in [4.69, 9.17) is 0 Å². The van der Waals surface area contributed by atoms with Gasteiger partial charge in [-0.2, -0.15) is 5.26 Å². The average Bonchev–Trinajstić information content (AvgIpc) is 2.39. The van der Waals surface area contributed by atoms with E-state index < -0.39 is 5.41 Å². The number of hydrogen-bond acceptors (Lipinski definition) is 2. The molecule has 0 bridgehead atoms. The minimum atomic E-state index is -0.431. The van der Waals surface area contributed by atoms with Crippen molar-refractivity contribution >= 4 is 0 Å². The minimum Gasteiger partial charge on any atom is -0.306 e. The lowest BCUT2D eigenvalue weighted by atomic mass is 9.67. The van der Waals surface area contributed by atoms with E-state index in [9.17, 15) is 9.65 Å². The third-order valence-electron chi connectivity index (χ3n) is 4.63. The Kier molecular flexibility index (Phi) is 3.91. The Bertz CT molecular complexity index is 476. The summed E-state index contributed by atoms with van der Waals surface area (Å²) in [5, 5.41) is 9.65. The Labute approximate surface area is 114 Å². The summed E-state index contributed by atoms with van der Waals surface area (Å²) in [6.45, 7) is 5.74. The van der Waals surface area contributed by atoms with Gasteiger partial charge >= 0.3 is 0 Å². The summed E-state index contributed by atoms with van der Waals surface area (Å²) in [6, 6.07) is 7.65. The number of aryl methyl sites for hydroxylation is 1. The highest BCUT2D eigenvalue weighted by molar-refractivity contribution is 5.34. The Balaban J connectivity index is 2.37. The van der Waals surface area contributed by atoms with Crippen LogP contribution in [-0.4, -0.2) is 25.0 Å². The lowest BCUT2D eigenvalue weighted by Crippen LogP contribution is -2.40. The van der Waals surface area contributed by atoms with Crippen LogP contribution in [-0.2, 0) is 0 Å². The van der Waals surface area contributed by atoms with Crippen molar-refractivity contribution in [3.63, 3.8) is 0 Å². The second-order valence-electron chi connectivity index (χ2n) is 5.76. The quantitative estimate of drug-likeness (QED) is 0.814. The molecule has 0 spiro atoms. The monoisotopic (exact) mass is 260 g/mol. The van der Waals surface area contributed by atoms with Gasteiger partial charge in [0.1, 0.15) is 5.82 Å². The fraction of sp³-hybridized carbons (Fsp3) is 0.562. The number of benzene rings is 1. The van der Waals surface area contributed by atoms with Crippen molar-refractivity contribution < 1.29 is 4.39 Å². The van der Waals surface area contributed by atoms with E-state index in [-0.39, 0.29) is 11.7 Å². The first kappa shape index (κ1) is 14.0. The summed E-state index contributed by atoms with van der Waals surface area (Å²) in [5.41, 5.74) is 1.23. The SMILES string of the molecule is Cc1cccc(F)c1C(C)C1(C#N)CCN(C)CC1. The van der Waals surface area contributed by atoms with Gasteiger partial charge in [-0.1, -0.05) is 19.1 Å². The Morgan fingerprint density at radius 1 is 1.37 bits per heavy atom. The molecule has 1 unspecified atom stereocenters. The van der Waals surface area contributed by atoms with Crippen LogP contribution in [0.4, 0.5) is 4.39 Å². The highest BCUT2D eigenvalue weighted by Crippen LogP contribution is 2.45. The van der Waals surface area contributed by atoms with E-state index in [0.717, 1.165) is 31.5 Å². The van der Waals surface area contributed by atoms with Gasteiger partial charge in [0.15, 0.2) is 0 Å². The van der Waals surface area contributed by atoms with Crippen LogP contribution in [0.3, 0.4) is 0 Å². The van der Waals surface area contributed by atoms with Gasteiger partial charge in [-0.3, -0.25) is 0 Å². The molecule has 1 heterocycles. The largest absolute Gasteiger partial charge is 0.306 e. The second-order valence-corrected chi connectivity index (χ2v) is 5.76. The van der Waals surface area contributed by atoms with Gasteiger partial charge in [-0.25, -0.2) is 4.39 Å². The van der Waals surface area contributed by atoms with Gasteiger partial charge in [0.2, 0.25) is 0 Å². The van der Waals surface area contributed by atoms with Crippen molar-refractivity contribution in [1.29, 1.82) is 5.26 Å². The molecular weight excluding hydrogens is 239 g/mol. The zero-order chi connectivity index (χ0) is 14.0. The van der Waals surface area contributed by atoms with Crippen molar-refractivity contribution in [1.82, 2.24) is 4.90 Å². The molecule has 3 heteroatoms. The highest BCUT2D eigenvalue weighted by atomic mass is 19.1. The molecule has 1 fully saturated rings. The maximum atomic E-state index is 14.1. The normalized spacial score (nSPS) is 20.8. The fourth-order valence-corrected chi connectivity index (χ4v) is 3.13. The van der Waals surface area contributed by atoms with Crippen molar-refractivity contribution in [3.8, 4) is 6.07 Å². The summed E-state index contributed by atoms with van der Waals surface area (Å²) in [6.07, 6.45) is 1.63. The van der Waals surface area contributed by atoms with Crippen LogP contribution in [0, 0.1) is 29.5 Å². The molecule has 1 aliphatic rings. The summed E-state index contributed by atoms with van der Waals surface area (Å²) in [5.74, 6) is -0.242. The summed E-state index contributed by atoms with van der Waals surface area (Å²) >= 11 is 0. The maximum Gasteiger partial charge on any atom is 0.126 e. The first-order chi connectivity index (χ1) is 9.00. The van der Waals surface area contributed by atoms with E-state index in [1.165, 1.54) is 6.07 Å². The highest BCUT2D eigenvalue weighted by Gasteiger charge is 2.41. The van der Waals surface area contributed by atoms with Crippen LogP contribution in [0.25, 0.3) is 0 Å². The number of piperidine rings is 1. The van der Waals surface area contributed by atoms with E-state index in [2.05, 4.69) is 18.0 Å². The third-order valence-corrected chi connectivity index (χ3v) is 4.63. The van der Waals surface area contributed by atoms with Gasteiger partial charge in [-0.15, -0.1) is 0 Å². The molecule has 0 aromatic heterocycles. The van der Waals surface area contributed by atoms with E-state index in [1.807, 2.05) is 19.9 Å². The van der Waals surface area contributed by atoms with E-state index in [0.29, 0.717) is 5.56 Å². The summed E-state index contributed by atoms with van der Waals surface area (Å²) < 4.78 is 14.1. The number of halogens is 1. The molecule has 0 N–H and O–H groups in total. The van der Waals surface area contributed by atoms with Crippen molar-refractivity contribution in [2.45, 2.75) is 32.6 Å². The van der Waals surface area contributed by atoms with Gasteiger partial charge in [0.25, 0.3) is 0 Å². The third kappa shape index (κ3) is 2.50. The van der Waals surface area contributed by atoms with Gasteiger partial charge in [0, 0.05) is 5.92 Å². The van der Waals surface area contributed by atoms with Crippen LogP contribution in [0.15, 0.2) is 18.2 Å². The molecule has 1 aromatic carbocycles. The first-order valence-corrected chi connectivity index (χ1v) is 6.85. The van der Waals surface area contributed by atoms with Gasteiger partial charge in [0.05, 0.1) is 11.5 Å².